The Labute approximate surface area is 189 Å². The Bertz CT molecular complexity index is 997. The van der Waals surface area contributed by atoms with Crippen molar-refractivity contribution in [2.24, 2.45) is 0 Å². The number of hydrogen-bond donors (Lipinski definition) is 0. The maximum absolute atomic E-state index is 12.8. The molecule has 2 saturated heterocycles. The normalized spacial score (nSPS) is 18.1. The number of carbonyl (C=O) groups excluding carboxylic acids is 1. The Kier molecular flexibility index (Phi) is 7.30. The fraction of sp³-hybridized carbons (Fsp3) is 0.478. The Morgan fingerprint density at radius 2 is 1.65 bits per heavy atom. The second-order valence-corrected chi connectivity index (χ2v) is 11.1. The third-order valence-electron chi connectivity index (χ3n) is 5.87. The molecule has 0 bridgehead atoms. The van der Waals surface area contributed by atoms with Gasteiger partial charge >= 0.3 is 0 Å². The van der Waals surface area contributed by atoms with Crippen LogP contribution in [-0.4, -0.2) is 54.7 Å². The average Bonchev–Trinajstić information content (AvgIpc) is 2.84. The zero-order valence-corrected chi connectivity index (χ0v) is 19.3. The van der Waals surface area contributed by atoms with Crippen LogP contribution in [0.15, 0.2) is 52.5 Å². The molecule has 2 aliphatic rings. The van der Waals surface area contributed by atoms with Crippen LogP contribution in [0.1, 0.15) is 54.4 Å². The number of nitrogens with zero attached hydrogens (tertiary/aromatic N) is 3. The zero-order valence-electron chi connectivity index (χ0n) is 17.7. The standard InChI is InChI=1S/C23H29N3O3S2/c27-23(25-12-3-1-4-13-25)20-9-7-8-19(16-20)18-30-22-11-10-21(17-24-22)31(28,29)26-14-5-2-6-15-26/h7-11,16-17H,1-6,12-15,18H2. The second kappa shape index (κ2) is 10.1. The topological polar surface area (TPSA) is 70.6 Å². The van der Waals surface area contributed by atoms with Crippen LogP contribution in [0.4, 0.5) is 0 Å². The number of aromatic nitrogens is 1. The lowest BCUT2D eigenvalue weighted by Gasteiger charge is -2.26. The molecule has 8 heteroatoms. The summed E-state index contributed by atoms with van der Waals surface area (Å²) < 4.78 is 27.1. The molecule has 31 heavy (non-hydrogen) atoms. The number of amides is 1. The summed E-state index contributed by atoms with van der Waals surface area (Å²) in [5.74, 6) is 0.781. The van der Waals surface area contributed by atoms with Gasteiger partial charge in [-0.1, -0.05) is 18.6 Å². The van der Waals surface area contributed by atoms with Gasteiger partial charge in [-0.3, -0.25) is 4.79 Å². The fourth-order valence-corrected chi connectivity index (χ4v) is 6.34. The lowest BCUT2D eigenvalue weighted by atomic mass is 10.1. The van der Waals surface area contributed by atoms with Crippen LogP contribution in [0.2, 0.25) is 0 Å². The third-order valence-corrected chi connectivity index (χ3v) is 8.76. The van der Waals surface area contributed by atoms with Crippen molar-refractivity contribution < 1.29 is 13.2 Å². The molecule has 0 unspecified atom stereocenters. The maximum atomic E-state index is 12.8. The predicted molar refractivity (Wildman–Crippen MR) is 123 cm³/mol. The van der Waals surface area contributed by atoms with E-state index in [0.29, 0.717) is 18.8 Å². The van der Waals surface area contributed by atoms with Gasteiger partial charge in [0.05, 0.1) is 5.03 Å². The molecule has 0 atom stereocenters. The van der Waals surface area contributed by atoms with Crippen molar-refractivity contribution in [2.75, 3.05) is 26.2 Å². The summed E-state index contributed by atoms with van der Waals surface area (Å²) in [7, 11) is -3.45. The summed E-state index contributed by atoms with van der Waals surface area (Å²) >= 11 is 1.54. The van der Waals surface area contributed by atoms with Gasteiger partial charge < -0.3 is 4.90 Å². The van der Waals surface area contributed by atoms with Crippen LogP contribution < -0.4 is 0 Å². The number of carbonyl (C=O) groups is 1. The van der Waals surface area contributed by atoms with Crippen molar-refractivity contribution in [3.05, 3.63) is 53.7 Å². The molecule has 1 aromatic carbocycles. The molecular formula is C23H29N3O3S2. The molecule has 0 N–H and O–H groups in total. The van der Waals surface area contributed by atoms with E-state index in [0.717, 1.165) is 61.3 Å². The first-order chi connectivity index (χ1) is 15.0. The van der Waals surface area contributed by atoms with Gasteiger partial charge in [0, 0.05) is 43.7 Å². The Morgan fingerprint density at radius 3 is 2.32 bits per heavy atom. The summed E-state index contributed by atoms with van der Waals surface area (Å²) in [6.07, 6.45) is 7.74. The largest absolute Gasteiger partial charge is 0.339 e. The molecule has 1 aromatic heterocycles. The molecule has 0 radical (unpaired) electrons. The minimum Gasteiger partial charge on any atom is -0.339 e. The van der Waals surface area contributed by atoms with Crippen molar-refractivity contribution in [1.29, 1.82) is 0 Å². The van der Waals surface area contributed by atoms with Gasteiger partial charge in [0.1, 0.15) is 4.90 Å². The van der Waals surface area contributed by atoms with Crippen molar-refractivity contribution in [3.63, 3.8) is 0 Å². The summed E-state index contributed by atoms with van der Waals surface area (Å²) in [6, 6.07) is 11.2. The number of thioether (sulfide) groups is 1. The molecular weight excluding hydrogens is 430 g/mol. The fourth-order valence-electron chi connectivity index (χ4n) is 4.09. The first-order valence-corrected chi connectivity index (χ1v) is 13.4. The Balaban J connectivity index is 1.37. The van der Waals surface area contributed by atoms with Crippen molar-refractivity contribution >= 4 is 27.7 Å². The monoisotopic (exact) mass is 459 g/mol. The highest BCUT2D eigenvalue weighted by Crippen LogP contribution is 2.25. The van der Waals surface area contributed by atoms with Gasteiger partial charge in [0.25, 0.3) is 5.91 Å². The first kappa shape index (κ1) is 22.3. The summed E-state index contributed by atoms with van der Waals surface area (Å²) in [5.41, 5.74) is 1.79. The zero-order chi connectivity index (χ0) is 21.7. The van der Waals surface area contributed by atoms with E-state index in [9.17, 15) is 13.2 Å². The van der Waals surface area contributed by atoms with E-state index >= 15 is 0 Å². The number of benzene rings is 1. The third kappa shape index (κ3) is 5.48. The number of piperidine rings is 2. The molecule has 4 rings (SSSR count). The summed E-state index contributed by atoms with van der Waals surface area (Å²) in [5, 5.41) is 0.769. The van der Waals surface area contributed by atoms with E-state index in [1.54, 1.807) is 16.4 Å². The average molecular weight is 460 g/mol. The maximum Gasteiger partial charge on any atom is 0.253 e. The minimum atomic E-state index is -3.45. The van der Waals surface area contributed by atoms with Crippen LogP contribution in [0, 0.1) is 0 Å². The van der Waals surface area contributed by atoms with Gasteiger partial charge in [-0.25, -0.2) is 13.4 Å². The predicted octanol–water partition coefficient (Wildman–Crippen LogP) is 4.17. The number of rotatable bonds is 6. The molecule has 0 saturated carbocycles. The quantitative estimate of drug-likeness (QED) is 0.606. The van der Waals surface area contributed by atoms with Crippen LogP contribution in [-0.2, 0) is 15.8 Å². The SMILES string of the molecule is O=C(c1cccc(CSc2ccc(S(=O)(=O)N3CCCCC3)cn2)c1)N1CCCCC1. The highest BCUT2D eigenvalue weighted by Gasteiger charge is 2.26. The lowest BCUT2D eigenvalue weighted by molar-refractivity contribution is 0.0724. The number of pyridine rings is 1. The van der Waals surface area contributed by atoms with Crippen LogP contribution in [0.5, 0.6) is 0 Å². The van der Waals surface area contributed by atoms with E-state index in [4.69, 9.17) is 0 Å². The highest BCUT2D eigenvalue weighted by atomic mass is 32.2. The smallest absolute Gasteiger partial charge is 0.253 e. The van der Waals surface area contributed by atoms with Crippen LogP contribution in [0.3, 0.4) is 0 Å². The highest BCUT2D eigenvalue weighted by molar-refractivity contribution is 7.98. The lowest BCUT2D eigenvalue weighted by Crippen LogP contribution is -2.35. The molecule has 2 aliphatic heterocycles. The molecule has 6 nitrogen and oxygen atoms in total. The number of hydrogen-bond acceptors (Lipinski definition) is 5. The van der Waals surface area contributed by atoms with E-state index in [2.05, 4.69) is 4.98 Å². The molecule has 2 fully saturated rings. The molecule has 0 aliphatic carbocycles. The molecule has 1 amide bonds. The summed E-state index contributed by atoms with van der Waals surface area (Å²) in [4.78, 5) is 19.3. The van der Waals surface area contributed by atoms with Crippen molar-refractivity contribution in [3.8, 4) is 0 Å². The number of sulfonamides is 1. The van der Waals surface area contributed by atoms with Crippen molar-refractivity contribution in [2.45, 2.75) is 54.2 Å². The number of likely N-dealkylation sites (tertiary alicyclic amines) is 1. The van der Waals surface area contributed by atoms with Crippen molar-refractivity contribution in [1.82, 2.24) is 14.2 Å². The second-order valence-electron chi connectivity index (χ2n) is 8.14. The van der Waals surface area contributed by atoms with E-state index in [1.807, 2.05) is 29.2 Å². The van der Waals surface area contributed by atoms with Gasteiger partial charge in [-0.2, -0.15) is 4.31 Å². The molecule has 3 heterocycles. The summed E-state index contributed by atoms with van der Waals surface area (Å²) in [6.45, 7) is 2.86. The van der Waals surface area contributed by atoms with Gasteiger partial charge in [-0.05, 0) is 61.9 Å². The van der Waals surface area contributed by atoms with Gasteiger partial charge in [0.2, 0.25) is 10.0 Å². The Morgan fingerprint density at radius 1 is 0.935 bits per heavy atom. The Hall–Kier alpha value is -1.90. The van der Waals surface area contributed by atoms with E-state index in [1.165, 1.54) is 24.4 Å². The van der Waals surface area contributed by atoms with Crippen LogP contribution >= 0.6 is 11.8 Å². The van der Waals surface area contributed by atoms with E-state index < -0.39 is 10.0 Å². The first-order valence-electron chi connectivity index (χ1n) is 11.0. The van der Waals surface area contributed by atoms with E-state index in [-0.39, 0.29) is 10.8 Å². The minimum absolute atomic E-state index is 0.108. The van der Waals surface area contributed by atoms with Crippen LogP contribution in [0.25, 0.3) is 0 Å². The van der Waals surface area contributed by atoms with Gasteiger partial charge in [-0.15, -0.1) is 11.8 Å². The molecule has 2 aromatic rings. The molecule has 0 spiro atoms. The molecule has 166 valence electrons. The van der Waals surface area contributed by atoms with Gasteiger partial charge in [0.15, 0.2) is 0 Å².